The summed E-state index contributed by atoms with van der Waals surface area (Å²) in [6, 6.07) is 24.8. The molecule has 5 rings (SSSR count). The Bertz CT molecular complexity index is 1650. The second kappa shape index (κ2) is 12.2. The number of carbonyl (C=O) groups excluding carboxylic acids is 1. The summed E-state index contributed by atoms with van der Waals surface area (Å²) < 4.78 is 9.03. The molecule has 202 valence electrons. The fraction of sp³-hybridized carbons (Fsp3) is 0.138. The van der Waals surface area contributed by atoms with Crippen molar-refractivity contribution >= 4 is 35.5 Å². The number of halogens is 1. The molecule has 0 spiro atoms. The summed E-state index contributed by atoms with van der Waals surface area (Å²) in [7, 11) is 1.62. The van der Waals surface area contributed by atoms with E-state index >= 15 is 0 Å². The molecule has 0 aliphatic rings. The van der Waals surface area contributed by atoms with Gasteiger partial charge in [0.05, 0.1) is 36.2 Å². The number of nitrogens with zero attached hydrogens (tertiary/aromatic N) is 6. The van der Waals surface area contributed by atoms with Gasteiger partial charge in [-0.1, -0.05) is 41.6 Å². The molecule has 0 fully saturated rings. The number of amides is 1. The Morgan fingerprint density at radius 2 is 1.73 bits per heavy atom. The molecule has 9 nitrogen and oxygen atoms in total. The molecular formula is C29H26ClN7O2S. The molecule has 0 radical (unpaired) electrons. The van der Waals surface area contributed by atoms with E-state index in [1.807, 2.05) is 89.8 Å². The van der Waals surface area contributed by atoms with E-state index in [9.17, 15) is 4.79 Å². The summed E-state index contributed by atoms with van der Waals surface area (Å²) >= 11 is 7.38. The van der Waals surface area contributed by atoms with Crippen LogP contribution in [0.3, 0.4) is 0 Å². The highest BCUT2D eigenvalue weighted by atomic mass is 35.5. The number of aromatic nitrogens is 5. The van der Waals surface area contributed by atoms with Crippen LogP contribution in [-0.2, 0) is 4.79 Å². The third kappa shape index (κ3) is 5.93. The Morgan fingerprint density at radius 1 is 1.00 bits per heavy atom. The number of hydrogen-bond donors (Lipinski definition) is 1. The Hall–Kier alpha value is -4.41. The number of ether oxygens (including phenoxy) is 1. The number of rotatable bonds is 9. The topological polar surface area (TPSA) is 99.2 Å². The molecule has 40 heavy (non-hydrogen) atoms. The molecule has 2 heterocycles. The molecule has 11 heteroatoms. The van der Waals surface area contributed by atoms with Gasteiger partial charge in [0.2, 0.25) is 0 Å². The molecule has 3 aromatic carbocycles. The molecule has 0 aliphatic carbocycles. The maximum absolute atomic E-state index is 12.7. The minimum absolute atomic E-state index is 0.0902. The van der Waals surface area contributed by atoms with Crippen LogP contribution in [0.5, 0.6) is 5.75 Å². The largest absolute Gasteiger partial charge is 0.497 e. The summed E-state index contributed by atoms with van der Waals surface area (Å²) in [6.07, 6.45) is 1.62. The SMILES string of the molecule is COc1ccc(-c2nnc(SCC(=O)N/N=C\c3c(C)nn(-c4ccccc4)c3C)n2-c2ccc(Cl)cc2)cc1. The summed E-state index contributed by atoms with van der Waals surface area (Å²) in [6.45, 7) is 3.88. The smallest absolute Gasteiger partial charge is 0.250 e. The quantitative estimate of drug-likeness (QED) is 0.140. The van der Waals surface area contributed by atoms with Crippen LogP contribution in [0.1, 0.15) is 17.0 Å². The van der Waals surface area contributed by atoms with Crippen LogP contribution in [-0.4, -0.2) is 49.5 Å². The standard InChI is InChI=1S/C29H26ClN7O2S/c1-19-26(20(2)37(35-19)24-7-5-4-6-8-24)17-31-32-27(38)18-40-29-34-33-28(21-9-15-25(39-3)16-10-21)36(29)23-13-11-22(30)12-14-23/h4-17H,18H2,1-3H3,(H,32,38)/b31-17-. The highest BCUT2D eigenvalue weighted by Crippen LogP contribution is 2.29. The van der Waals surface area contributed by atoms with E-state index in [-0.39, 0.29) is 11.7 Å². The van der Waals surface area contributed by atoms with E-state index in [0.717, 1.165) is 39.6 Å². The van der Waals surface area contributed by atoms with Crippen molar-refractivity contribution in [3.8, 4) is 28.5 Å². The average Bonchev–Trinajstić information content (AvgIpc) is 3.53. The van der Waals surface area contributed by atoms with Crippen molar-refractivity contribution in [3.05, 3.63) is 101 Å². The molecule has 0 unspecified atom stereocenters. The first-order valence-corrected chi connectivity index (χ1v) is 13.7. The highest BCUT2D eigenvalue weighted by Gasteiger charge is 2.18. The van der Waals surface area contributed by atoms with Crippen molar-refractivity contribution in [1.29, 1.82) is 0 Å². The Labute approximate surface area is 240 Å². The fourth-order valence-corrected chi connectivity index (χ4v) is 4.98. The predicted molar refractivity (Wildman–Crippen MR) is 158 cm³/mol. The second-order valence-corrected chi connectivity index (χ2v) is 10.1. The van der Waals surface area contributed by atoms with Crippen LogP contribution in [0, 0.1) is 13.8 Å². The second-order valence-electron chi connectivity index (χ2n) is 8.76. The van der Waals surface area contributed by atoms with E-state index in [1.54, 1.807) is 25.5 Å². The predicted octanol–water partition coefficient (Wildman–Crippen LogP) is 5.64. The minimum Gasteiger partial charge on any atom is -0.497 e. The zero-order valence-corrected chi connectivity index (χ0v) is 23.6. The lowest BCUT2D eigenvalue weighted by molar-refractivity contribution is -0.118. The van der Waals surface area contributed by atoms with Crippen molar-refractivity contribution in [2.45, 2.75) is 19.0 Å². The van der Waals surface area contributed by atoms with Gasteiger partial charge in [-0.15, -0.1) is 10.2 Å². The first kappa shape index (κ1) is 27.2. The van der Waals surface area contributed by atoms with Crippen LogP contribution in [0.2, 0.25) is 5.02 Å². The van der Waals surface area contributed by atoms with Crippen molar-refractivity contribution in [1.82, 2.24) is 30.0 Å². The van der Waals surface area contributed by atoms with Gasteiger partial charge < -0.3 is 4.74 Å². The number of hydrogen-bond acceptors (Lipinski definition) is 7. The van der Waals surface area contributed by atoms with E-state index in [2.05, 4.69) is 25.8 Å². The summed E-state index contributed by atoms with van der Waals surface area (Å²) in [5.74, 6) is 1.19. The normalized spacial score (nSPS) is 11.2. The molecule has 5 aromatic rings. The number of carbonyl (C=O) groups is 1. The number of benzene rings is 3. The van der Waals surface area contributed by atoms with Gasteiger partial charge in [-0.3, -0.25) is 9.36 Å². The Morgan fingerprint density at radius 3 is 2.42 bits per heavy atom. The van der Waals surface area contributed by atoms with Crippen molar-refractivity contribution in [3.63, 3.8) is 0 Å². The highest BCUT2D eigenvalue weighted by molar-refractivity contribution is 7.99. The lowest BCUT2D eigenvalue weighted by atomic mass is 10.2. The lowest BCUT2D eigenvalue weighted by Gasteiger charge is -2.11. The number of para-hydroxylation sites is 1. The fourth-order valence-electron chi connectivity index (χ4n) is 4.11. The van der Waals surface area contributed by atoms with Gasteiger partial charge >= 0.3 is 0 Å². The molecule has 0 bridgehead atoms. The van der Waals surface area contributed by atoms with Gasteiger partial charge in [0.1, 0.15) is 5.75 Å². The van der Waals surface area contributed by atoms with Gasteiger partial charge in [-0.05, 0) is 74.5 Å². The third-order valence-electron chi connectivity index (χ3n) is 6.13. The first-order chi connectivity index (χ1) is 19.4. The van der Waals surface area contributed by atoms with Gasteiger partial charge in [0.25, 0.3) is 5.91 Å². The van der Waals surface area contributed by atoms with E-state index in [0.29, 0.717) is 16.0 Å². The molecule has 1 N–H and O–H groups in total. The number of hydrazone groups is 1. The van der Waals surface area contributed by atoms with Gasteiger partial charge in [-0.2, -0.15) is 10.2 Å². The Kier molecular flexibility index (Phi) is 8.28. The van der Waals surface area contributed by atoms with Gasteiger partial charge in [0, 0.05) is 21.8 Å². The van der Waals surface area contributed by atoms with Crippen LogP contribution >= 0.6 is 23.4 Å². The van der Waals surface area contributed by atoms with E-state index in [4.69, 9.17) is 16.3 Å². The molecule has 1 amide bonds. The van der Waals surface area contributed by atoms with Gasteiger partial charge in [-0.25, -0.2) is 10.1 Å². The minimum atomic E-state index is -0.274. The molecule has 0 saturated carbocycles. The monoisotopic (exact) mass is 571 g/mol. The Balaban J connectivity index is 1.31. The number of methoxy groups -OCH3 is 1. The van der Waals surface area contributed by atoms with Crippen LogP contribution in [0.25, 0.3) is 22.8 Å². The maximum Gasteiger partial charge on any atom is 0.250 e. The van der Waals surface area contributed by atoms with Gasteiger partial charge in [0.15, 0.2) is 11.0 Å². The van der Waals surface area contributed by atoms with Crippen molar-refractivity contribution < 1.29 is 9.53 Å². The number of thioether (sulfide) groups is 1. The summed E-state index contributed by atoms with van der Waals surface area (Å²) in [5.41, 5.74) is 7.84. The lowest BCUT2D eigenvalue weighted by Crippen LogP contribution is -2.20. The van der Waals surface area contributed by atoms with Crippen molar-refractivity contribution in [2.24, 2.45) is 5.10 Å². The maximum atomic E-state index is 12.7. The van der Waals surface area contributed by atoms with E-state index in [1.165, 1.54) is 11.8 Å². The zero-order chi connectivity index (χ0) is 28.1. The van der Waals surface area contributed by atoms with Crippen LogP contribution in [0.15, 0.2) is 89.1 Å². The summed E-state index contributed by atoms with van der Waals surface area (Å²) in [4.78, 5) is 12.7. The third-order valence-corrected chi connectivity index (χ3v) is 7.31. The zero-order valence-electron chi connectivity index (χ0n) is 22.1. The summed E-state index contributed by atoms with van der Waals surface area (Å²) in [5, 5.41) is 18.8. The molecule has 2 aromatic heterocycles. The molecule has 0 aliphatic heterocycles. The molecule has 0 atom stereocenters. The average molecular weight is 572 g/mol. The van der Waals surface area contributed by atoms with Crippen LogP contribution in [0.4, 0.5) is 0 Å². The number of nitrogens with one attached hydrogen (secondary N) is 1. The van der Waals surface area contributed by atoms with E-state index < -0.39 is 0 Å². The number of aryl methyl sites for hydroxylation is 1. The van der Waals surface area contributed by atoms with Crippen molar-refractivity contribution in [2.75, 3.05) is 12.9 Å². The first-order valence-electron chi connectivity index (χ1n) is 12.4. The molecule has 0 saturated heterocycles. The van der Waals surface area contributed by atoms with Crippen LogP contribution < -0.4 is 10.2 Å². The molecular weight excluding hydrogens is 546 g/mol.